The number of nitrogens with one attached hydrogen (secondary N) is 1. The molecule has 35 heavy (non-hydrogen) atoms. The molecule has 1 N–H and O–H groups in total. The summed E-state index contributed by atoms with van der Waals surface area (Å²) in [5.74, 6) is -1.93. The predicted octanol–water partition coefficient (Wildman–Crippen LogP) is 4.24. The maximum atomic E-state index is 13.7. The van der Waals surface area contributed by atoms with Gasteiger partial charge in [0.05, 0.1) is 24.5 Å². The average Bonchev–Trinajstić information content (AvgIpc) is 3.26. The molecular formula is C24H24F4N4O3. The highest BCUT2D eigenvalue weighted by Crippen LogP contribution is 2.34. The molecule has 0 saturated heterocycles. The molecule has 1 heterocycles. The van der Waals surface area contributed by atoms with E-state index in [1.54, 1.807) is 12.1 Å². The lowest BCUT2D eigenvalue weighted by molar-refractivity contribution is -0.143. The maximum Gasteiger partial charge on any atom is 0.434 e. The Morgan fingerprint density at radius 1 is 1.09 bits per heavy atom. The van der Waals surface area contributed by atoms with Gasteiger partial charge < -0.3 is 15.0 Å². The normalized spacial score (nSPS) is 12.5. The Balaban J connectivity index is 1.78. The van der Waals surface area contributed by atoms with Crippen LogP contribution in [-0.2, 0) is 10.9 Å². The summed E-state index contributed by atoms with van der Waals surface area (Å²) in [5, 5.41) is 6.50. The van der Waals surface area contributed by atoms with E-state index in [9.17, 15) is 27.2 Å². The summed E-state index contributed by atoms with van der Waals surface area (Å²) in [7, 11) is 3.64. The lowest BCUT2D eigenvalue weighted by Crippen LogP contribution is -2.34. The van der Waals surface area contributed by atoms with Gasteiger partial charge in [-0.25, -0.2) is 13.9 Å². The minimum Gasteiger partial charge on any atom is -0.462 e. The van der Waals surface area contributed by atoms with Crippen molar-refractivity contribution in [3.8, 4) is 5.69 Å². The number of halogens is 4. The van der Waals surface area contributed by atoms with Crippen molar-refractivity contribution >= 4 is 11.9 Å². The quantitative estimate of drug-likeness (QED) is 0.376. The minimum absolute atomic E-state index is 0.0157. The average molecular weight is 492 g/mol. The molecule has 0 bridgehead atoms. The van der Waals surface area contributed by atoms with Crippen LogP contribution in [0.1, 0.15) is 44.9 Å². The van der Waals surface area contributed by atoms with E-state index in [2.05, 4.69) is 10.4 Å². The third-order valence-electron chi connectivity index (χ3n) is 5.24. The number of nitrogens with zero attached hydrogens (tertiary/aromatic N) is 3. The number of hydrogen-bond donors (Lipinski definition) is 1. The number of hydrogen-bond acceptors (Lipinski definition) is 5. The zero-order valence-corrected chi connectivity index (χ0v) is 19.3. The zero-order valence-electron chi connectivity index (χ0n) is 19.3. The molecule has 1 amide bonds. The maximum absolute atomic E-state index is 13.7. The summed E-state index contributed by atoms with van der Waals surface area (Å²) in [5.41, 5.74) is -0.917. The first-order chi connectivity index (χ1) is 16.5. The molecule has 1 unspecified atom stereocenters. The Morgan fingerprint density at radius 2 is 1.71 bits per heavy atom. The lowest BCUT2D eigenvalue weighted by Gasteiger charge is -2.25. The number of amides is 1. The molecule has 0 aliphatic heterocycles. The smallest absolute Gasteiger partial charge is 0.434 e. The molecule has 2 aromatic carbocycles. The Labute approximate surface area is 199 Å². The van der Waals surface area contributed by atoms with Crippen LogP contribution < -0.4 is 5.32 Å². The van der Waals surface area contributed by atoms with Gasteiger partial charge in [0.25, 0.3) is 5.91 Å². The second-order valence-corrected chi connectivity index (χ2v) is 7.82. The van der Waals surface area contributed by atoms with Crippen molar-refractivity contribution in [3.63, 3.8) is 0 Å². The molecule has 11 heteroatoms. The summed E-state index contributed by atoms with van der Waals surface area (Å²) in [6, 6.07) is 11.0. The van der Waals surface area contributed by atoms with Crippen molar-refractivity contribution in [1.29, 1.82) is 0 Å². The fourth-order valence-electron chi connectivity index (χ4n) is 3.50. The Morgan fingerprint density at radius 3 is 2.26 bits per heavy atom. The Bertz CT molecular complexity index is 1170. The van der Waals surface area contributed by atoms with Crippen LogP contribution in [0.3, 0.4) is 0 Å². The largest absolute Gasteiger partial charge is 0.462 e. The van der Waals surface area contributed by atoms with Gasteiger partial charge in [0.1, 0.15) is 11.4 Å². The summed E-state index contributed by atoms with van der Waals surface area (Å²) < 4.78 is 59.6. The van der Waals surface area contributed by atoms with Crippen LogP contribution in [0.25, 0.3) is 5.69 Å². The van der Waals surface area contributed by atoms with Crippen molar-refractivity contribution < 1.29 is 31.9 Å². The first-order valence-electron chi connectivity index (χ1n) is 10.7. The molecule has 0 aliphatic rings. The number of likely N-dealkylation sites (N-methyl/N-ethyl adjacent to an activating group) is 1. The zero-order chi connectivity index (χ0) is 25.8. The van der Waals surface area contributed by atoms with Crippen molar-refractivity contribution in [1.82, 2.24) is 20.0 Å². The predicted molar refractivity (Wildman–Crippen MR) is 120 cm³/mol. The van der Waals surface area contributed by atoms with E-state index in [4.69, 9.17) is 4.74 Å². The monoisotopic (exact) mass is 492 g/mol. The highest BCUT2D eigenvalue weighted by molar-refractivity contribution is 5.94. The number of rotatable bonds is 8. The van der Waals surface area contributed by atoms with Crippen LogP contribution in [0.4, 0.5) is 17.6 Å². The topological polar surface area (TPSA) is 76.5 Å². The van der Waals surface area contributed by atoms with E-state index in [0.717, 1.165) is 11.8 Å². The van der Waals surface area contributed by atoms with Crippen LogP contribution in [0.2, 0.25) is 0 Å². The molecule has 186 valence electrons. The van der Waals surface area contributed by atoms with Gasteiger partial charge >= 0.3 is 12.1 Å². The summed E-state index contributed by atoms with van der Waals surface area (Å²) in [4.78, 5) is 26.5. The van der Waals surface area contributed by atoms with E-state index < -0.39 is 29.3 Å². The highest BCUT2D eigenvalue weighted by atomic mass is 19.4. The van der Waals surface area contributed by atoms with Gasteiger partial charge in [-0.3, -0.25) is 4.79 Å². The molecule has 3 aromatic rings. The van der Waals surface area contributed by atoms with E-state index in [-0.39, 0.29) is 36.3 Å². The summed E-state index contributed by atoms with van der Waals surface area (Å²) in [6.45, 7) is 1.63. The molecule has 0 spiro atoms. The van der Waals surface area contributed by atoms with Crippen LogP contribution in [0.5, 0.6) is 0 Å². The van der Waals surface area contributed by atoms with Crippen LogP contribution >= 0.6 is 0 Å². The first kappa shape index (κ1) is 25.9. The first-order valence-corrected chi connectivity index (χ1v) is 10.7. The van der Waals surface area contributed by atoms with E-state index >= 15 is 0 Å². The third kappa shape index (κ3) is 6.04. The Kier molecular flexibility index (Phi) is 7.90. The highest BCUT2D eigenvalue weighted by Gasteiger charge is 2.41. The van der Waals surface area contributed by atoms with Crippen LogP contribution in [0, 0.1) is 5.82 Å². The lowest BCUT2D eigenvalue weighted by atomic mass is 10.1. The Hall–Kier alpha value is -3.73. The number of carbonyl (C=O) groups excluding carboxylic acids is 2. The molecule has 1 atom stereocenters. The standard InChI is InChI=1S/C24H24F4N4O3/c1-4-35-23(34)19-13-30-32(21(19)24(26,27)28)18-11-7-16(8-12-18)22(33)29-14-20(31(2)3)15-5-9-17(25)10-6-15/h5-13,20H,4,14H2,1-3H3,(H,29,33). The number of benzene rings is 2. The molecule has 0 saturated carbocycles. The van der Waals surface area contributed by atoms with Crippen molar-refractivity contribution in [3.05, 3.63) is 82.9 Å². The number of ether oxygens (including phenoxy) is 1. The van der Waals surface area contributed by atoms with Gasteiger partial charge in [-0.15, -0.1) is 0 Å². The van der Waals surface area contributed by atoms with Crippen LogP contribution in [-0.4, -0.2) is 53.8 Å². The molecule has 0 radical (unpaired) electrons. The molecule has 7 nitrogen and oxygen atoms in total. The molecule has 1 aromatic heterocycles. The SMILES string of the molecule is CCOC(=O)c1cnn(-c2ccc(C(=O)NCC(c3ccc(F)cc3)N(C)C)cc2)c1C(F)(F)F. The third-order valence-corrected chi connectivity index (χ3v) is 5.24. The van der Waals surface area contributed by atoms with Crippen molar-refractivity contribution in [2.24, 2.45) is 0 Å². The van der Waals surface area contributed by atoms with E-state index in [0.29, 0.717) is 4.68 Å². The van der Waals surface area contributed by atoms with Gasteiger partial charge in [0.2, 0.25) is 0 Å². The fourth-order valence-corrected chi connectivity index (χ4v) is 3.50. The van der Waals surface area contributed by atoms with Gasteiger partial charge in [0.15, 0.2) is 5.69 Å². The minimum atomic E-state index is -4.86. The number of carbonyl (C=O) groups is 2. The second-order valence-electron chi connectivity index (χ2n) is 7.82. The van der Waals surface area contributed by atoms with Crippen molar-refractivity contribution in [2.75, 3.05) is 27.2 Å². The summed E-state index contributed by atoms with van der Waals surface area (Å²) in [6.07, 6.45) is -4.06. The van der Waals surface area contributed by atoms with Crippen molar-refractivity contribution in [2.45, 2.75) is 19.1 Å². The van der Waals surface area contributed by atoms with Gasteiger partial charge in [0, 0.05) is 12.1 Å². The van der Waals surface area contributed by atoms with E-state index in [1.807, 2.05) is 19.0 Å². The molecule has 0 fully saturated rings. The fraction of sp³-hybridized carbons (Fsp3) is 0.292. The second kappa shape index (κ2) is 10.7. The molecule has 0 aliphatic carbocycles. The number of alkyl halides is 3. The molecule has 3 rings (SSSR count). The van der Waals surface area contributed by atoms with E-state index in [1.165, 1.54) is 43.3 Å². The number of aromatic nitrogens is 2. The number of esters is 1. The summed E-state index contributed by atoms with van der Waals surface area (Å²) >= 11 is 0. The van der Waals surface area contributed by atoms with Gasteiger partial charge in [-0.2, -0.15) is 18.3 Å². The van der Waals surface area contributed by atoms with Gasteiger partial charge in [-0.05, 0) is 63.0 Å². The molecular weight excluding hydrogens is 468 g/mol. The van der Waals surface area contributed by atoms with Crippen LogP contribution in [0.15, 0.2) is 54.7 Å². The van der Waals surface area contributed by atoms with Gasteiger partial charge in [-0.1, -0.05) is 12.1 Å².